The molecule has 6 heteroatoms. The highest BCUT2D eigenvalue weighted by Crippen LogP contribution is 2.15. The lowest BCUT2D eigenvalue weighted by atomic mass is 10.1. The molecular weight excluding hydrogens is 408 g/mol. The molecule has 0 radical (unpaired) electrons. The van der Waals surface area contributed by atoms with Crippen LogP contribution in [0.15, 0.2) is 53.5 Å². The Kier molecular flexibility index (Phi) is 8.39. The SMILES string of the molecule is CN=C(NCCc1ccccc1)NCc1ccc(O)c(F)c1.I. The first kappa shape index (κ1) is 19.2. The Labute approximate surface area is 152 Å². The van der Waals surface area contributed by atoms with E-state index in [1.807, 2.05) is 18.2 Å². The maximum absolute atomic E-state index is 13.3. The second-order valence-corrected chi connectivity index (χ2v) is 4.87. The number of phenols is 1. The second-order valence-electron chi connectivity index (χ2n) is 4.87. The summed E-state index contributed by atoms with van der Waals surface area (Å²) < 4.78 is 13.3. The molecule has 0 unspecified atom stereocenters. The third kappa shape index (κ3) is 6.43. The number of aliphatic imine (C=N–C) groups is 1. The number of hydrogen-bond acceptors (Lipinski definition) is 2. The fourth-order valence-corrected chi connectivity index (χ4v) is 2.04. The molecule has 23 heavy (non-hydrogen) atoms. The molecule has 0 saturated heterocycles. The van der Waals surface area contributed by atoms with Crippen molar-refractivity contribution in [3.63, 3.8) is 0 Å². The lowest BCUT2D eigenvalue weighted by Gasteiger charge is -2.12. The van der Waals surface area contributed by atoms with Gasteiger partial charge in [0.05, 0.1) is 0 Å². The quantitative estimate of drug-likeness (QED) is 0.389. The van der Waals surface area contributed by atoms with Gasteiger partial charge >= 0.3 is 0 Å². The first-order valence-electron chi connectivity index (χ1n) is 7.15. The van der Waals surface area contributed by atoms with Crippen molar-refractivity contribution < 1.29 is 9.50 Å². The zero-order valence-corrected chi connectivity index (χ0v) is 15.3. The summed E-state index contributed by atoms with van der Waals surface area (Å²) in [7, 11) is 1.69. The Hall–Kier alpha value is -1.83. The highest BCUT2D eigenvalue weighted by molar-refractivity contribution is 14.0. The summed E-state index contributed by atoms with van der Waals surface area (Å²) in [4.78, 5) is 4.13. The van der Waals surface area contributed by atoms with Crippen LogP contribution < -0.4 is 10.6 Å². The van der Waals surface area contributed by atoms with E-state index >= 15 is 0 Å². The molecular formula is C17H21FIN3O. The molecule has 0 aliphatic heterocycles. The van der Waals surface area contributed by atoms with Gasteiger partial charge in [-0.05, 0) is 29.7 Å². The molecule has 0 aromatic heterocycles. The van der Waals surface area contributed by atoms with Gasteiger partial charge < -0.3 is 15.7 Å². The topological polar surface area (TPSA) is 56.7 Å². The molecule has 124 valence electrons. The van der Waals surface area contributed by atoms with Gasteiger partial charge in [0.15, 0.2) is 17.5 Å². The number of halogens is 2. The van der Waals surface area contributed by atoms with E-state index in [1.165, 1.54) is 17.7 Å². The number of nitrogens with one attached hydrogen (secondary N) is 2. The first-order valence-corrected chi connectivity index (χ1v) is 7.15. The van der Waals surface area contributed by atoms with Crippen molar-refractivity contribution in [1.82, 2.24) is 10.6 Å². The molecule has 0 saturated carbocycles. The Balaban J connectivity index is 0.00000264. The number of guanidine groups is 1. The van der Waals surface area contributed by atoms with Crippen molar-refractivity contribution in [2.24, 2.45) is 4.99 Å². The molecule has 2 rings (SSSR count). The minimum Gasteiger partial charge on any atom is -0.505 e. The maximum atomic E-state index is 13.3. The van der Waals surface area contributed by atoms with Gasteiger partial charge in [-0.2, -0.15) is 0 Å². The summed E-state index contributed by atoms with van der Waals surface area (Å²) in [5.41, 5.74) is 1.99. The van der Waals surface area contributed by atoms with Crippen LogP contribution in [-0.2, 0) is 13.0 Å². The van der Waals surface area contributed by atoms with Crippen LogP contribution in [0.5, 0.6) is 5.75 Å². The Morgan fingerprint density at radius 1 is 1.09 bits per heavy atom. The average molecular weight is 429 g/mol. The molecule has 0 amide bonds. The summed E-state index contributed by atoms with van der Waals surface area (Å²) in [5, 5.41) is 15.5. The molecule has 0 fully saturated rings. The molecule has 0 aliphatic rings. The smallest absolute Gasteiger partial charge is 0.191 e. The highest BCUT2D eigenvalue weighted by atomic mass is 127. The molecule has 4 nitrogen and oxygen atoms in total. The molecule has 0 bridgehead atoms. The van der Waals surface area contributed by atoms with Gasteiger partial charge in [0.1, 0.15) is 0 Å². The van der Waals surface area contributed by atoms with E-state index in [0.29, 0.717) is 12.5 Å². The predicted molar refractivity (Wildman–Crippen MR) is 102 cm³/mol. The number of nitrogens with zero attached hydrogens (tertiary/aromatic N) is 1. The van der Waals surface area contributed by atoms with E-state index < -0.39 is 5.82 Å². The normalized spacial score (nSPS) is 10.8. The van der Waals surface area contributed by atoms with E-state index in [2.05, 4.69) is 27.8 Å². The zero-order chi connectivity index (χ0) is 15.8. The van der Waals surface area contributed by atoms with Gasteiger partial charge in [-0.3, -0.25) is 4.99 Å². The molecule has 0 aliphatic carbocycles. The summed E-state index contributed by atoms with van der Waals surface area (Å²) >= 11 is 0. The lowest BCUT2D eigenvalue weighted by molar-refractivity contribution is 0.431. The van der Waals surface area contributed by atoms with Crippen LogP contribution in [0.3, 0.4) is 0 Å². The maximum Gasteiger partial charge on any atom is 0.191 e. The van der Waals surface area contributed by atoms with Crippen LogP contribution >= 0.6 is 24.0 Å². The second kappa shape index (κ2) is 10.0. The van der Waals surface area contributed by atoms with Crippen molar-refractivity contribution >= 4 is 29.9 Å². The number of hydrogen-bond donors (Lipinski definition) is 3. The van der Waals surface area contributed by atoms with E-state index in [-0.39, 0.29) is 29.7 Å². The minimum absolute atomic E-state index is 0. The predicted octanol–water partition coefficient (Wildman–Crippen LogP) is 3.06. The van der Waals surface area contributed by atoms with Crippen LogP contribution in [0.2, 0.25) is 0 Å². The Morgan fingerprint density at radius 3 is 2.48 bits per heavy atom. The van der Waals surface area contributed by atoms with Crippen molar-refractivity contribution in [3.05, 3.63) is 65.5 Å². The molecule has 0 heterocycles. The molecule has 0 spiro atoms. The Bertz CT molecular complexity index is 635. The van der Waals surface area contributed by atoms with Crippen LogP contribution in [0, 0.1) is 5.82 Å². The molecule has 2 aromatic carbocycles. The fourth-order valence-electron chi connectivity index (χ4n) is 2.04. The summed E-state index contributed by atoms with van der Waals surface area (Å²) in [5.74, 6) is -0.301. The molecule has 0 atom stereocenters. The van der Waals surface area contributed by atoms with Gasteiger partial charge in [0, 0.05) is 20.1 Å². The van der Waals surface area contributed by atoms with E-state index in [4.69, 9.17) is 5.11 Å². The highest BCUT2D eigenvalue weighted by Gasteiger charge is 2.03. The largest absolute Gasteiger partial charge is 0.505 e. The van der Waals surface area contributed by atoms with Gasteiger partial charge in [-0.15, -0.1) is 24.0 Å². The van der Waals surface area contributed by atoms with Crippen molar-refractivity contribution in [2.45, 2.75) is 13.0 Å². The number of rotatable bonds is 5. The van der Waals surface area contributed by atoms with Crippen LogP contribution in [0.25, 0.3) is 0 Å². The number of aromatic hydroxyl groups is 1. The van der Waals surface area contributed by atoms with Crippen molar-refractivity contribution in [1.29, 1.82) is 0 Å². The van der Waals surface area contributed by atoms with E-state index in [1.54, 1.807) is 13.1 Å². The monoisotopic (exact) mass is 429 g/mol. The van der Waals surface area contributed by atoms with Crippen molar-refractivity contribution in [2.75, 3.05) is 13.6 Å². The van der Waals surface area contributed by atoms with E-state index in [9.17, 15) is 4.39 Å². The Morgan fingerprint density at radius 2 is 1.83 bits per heavy atom. The van der Waals surface area contributed by atoms with Crippen LogP contribution in [0.4, 0.5) is 4.39 Å². The summed E-state index contributed by atoms with van der Waals surface area (Å²) in [6, 6.07) is 14.5. The van der Waals surface area contributed by atoms with Gasteiger partial charge in [-0.25, -0.2) is 4.39 Å². The number of benzene rings is 2. The van der Waals surface area contributed by atoms with Gasteiger partial charge in [0.2, 0.25) is 0 Å². The number of phenolic OH excluding ortho intramolecular Hbond substituents is 1. The molecule has 2 aromatic rings. The van der Waals surface area contributed by atoms with Crippen molar-refractivity contribution in [3.8, 4) is 5.75 Å². The van der Waals surface area contributed by atoms with Gasteiger partial charge in [0.25, 0.3) is 0 Å². The standard InChI is InChI=1S/C17H20FN3O.HI/c1-19-17(20-10-9-13-5-3-2-4-6-13)21-12-14-7-8-16(22)15(18)11-14;/h2-8,11,22H,9-10,12H2,1H3,(H2,19,20,21);1H. The van der Waals surface area contributed by atoms with Crippen LogP contribution in [0.1, 0.15) is 11.1 Å². The molecule has 3 N–H and O–H groups in total. The first-order chi connectivity index (χ1) is 10.7. The summed E-state index contributed by atoms with van der Waals surface area (Å²) in [6.45, 7) is 1.19. The van der Waals surface area contributed by atoms with E-state index in [0.717, 1.165) is 18.5 Å². The van der Waals surface area contributed by atoms with Crippen LogP contribution in [-0.4, -0.2) is 24.7 Å². The third-order valence-electron chi connectivity index (χ3n) is 3.24. The zero-order valence-electron chi connectivity index (χ0n) is 12.9. The lowest BCUT2D eigenvalue weighted by Crippen LogP contribution is -2.37. The summed E-state index contributed by atoms with van der Waals surface area (Å²) in [6.07, 6.45) is 0.898. The fraction of sp³-hybridized carbons (Fsp3) is 0.235. The third-order valence-corrected chi connectivity index (χ3v) is 3.24. The average Bonchev–Trinajstić information content (AvgIpc) is 2.55. The van der Waals surface area contributed by atoms with Gasteiger partial charge in [-0.1, -0.05) is 36.4 Å². The minimum atomic E-state index is -0.619.